The van der Waals surface area contributed by atoms with Gasteiger partial charge >= 0.3 is 0 Å². The van der Waals surface area contributed by atoms with Crippen LogP contribution in [0.3, 0.4) is 0 Å². The van der Waals surface area contributed by atoms with Crippen LogP contribution in [0.5, 0.6) is 0 Å². The van der Waals surface area contributed by atoms with Crippen LogP contribution in [0.25, 0.3) is 0 Å². The van der Waals surface area contributed by atoms with Crippen molar-refractivity contribution < 1.29 is 18.8 Å². The van der Waals surface area contributed by atoms with Gasteiger partial charge in [0.2, 0.25) is 17.7 Å². The summed E-state index contributed by atoms with van der Waals surface area (Å²) in [5.74, 6) is -0.240. The van der Waals surface area contributed by atoms with Gasteiger partial charge in [-0.3, -0.25) is 19.3 Å². The highest BCUT2D eigenvalue weighted by atomic mass is 19.1. The summed E-state index contributed by atoms with van der Waals surface area (Å²) in [5, 5.41) is 9.62. The zero-order chi connectivity index (χ0) is 30.5. The third-order valence-corrected chi connectivity index (χ3v) is 9.52. The second kappa shape index (κ2) is 13.8. The zero-order valence-corrected chi connectivity index (χ0v) is 26.3. The van der Waals surface area contributed by atoms with Crippen LogP contribution >= 0.6 is 0 Å². The monoisotopic (exact) mass is 585 g/mol. The summed E-state index contributed by atoms with van der Waals surface area (Å²) in [4.78, 5) is 45.4. The number of piperazine rings is 1. The molecule has 1 saturated carbocycles. The van der Waals surface area contributed by atoms with E-state index < -0.39 is 17.5 Å². The van der Waals surface area contributed by atoms with Crippen LogP contribution in [0.15, 0.2) is 24.3 Å². The van der Waals surface area contributed by atoms with Gasteiger partial charge in [0.15, 0.2) is 0 Å². The number of nitrogens with one attached hydrogen (secondary N) is 3. The lowest BCUT2D eigenvalue weighted by atomic mass is 9.63. The number of hydrogen-bond acceptors (Lipinski definition) is 5. The number of nitrogens with zero attached hydrogens (tertiary/aromatic N) is 2. The SMILES string of the molecule is CC(C)N1CCN[C@H](C(=O)N[C@H](Cc2ccc(F)cc2)C(=O)N2CCC(C(=O)NC(C)(C)C)(C3CCCCC3)CC2)C1. The predicted octanol–water partition coefficient (Wildman–Crippen LogP) is 3.64. The smallest absolute Gasteiger partial charge is 0.245 e. The molecule has 4 rings (SSSR count). The molecule has 1 aliphatic carbocycles. The third kappa shape index (κ3) is 8.10. The van der Waals surface area contributed by atoms with Crippen LogP contribution in [0.1, 0.15) is 85.1 Å². The van der Waals surface area contributed by atoms with Crippen molar-refractivity contribution in [2.75, 3.05) is 32.7 Å². The maximum Gasteiger partial charge on any atom is 0.245 e. The van der Waals surface area contributed by atoms with Gasteiger partial charge in [0.05, 0.1) is 11.5 Å². The fourth-order valence-electron chi connectivity index (χ4n) is 7.03. The summed E-state index contributed by atoms with van der Waals surface area (Å²) >= 11 is 0. The predicted molar refractivity (Wildman–Crippen MR) is 163 cm³/mol. The Morgan fingerprint density at radius 2 is 1.67 bits per heavy atom. The second-order valence-corrected chi connectivity index (χ2v) is 14.0. The van der Waals surface area contributed by atoms with Crippen LogP contribution in [0.2, 0.25) is 0 Å². The Morgan fingerprint density at radius 1 is 1.02 bits per heavy atom. The van der Waals surface area contributed by atoms with Crippen LogP contribution < -0.4 is 16.0 Å². The fraction of sp³-hybridized carbons (Fsp3) is 0.727. The van der Waals surface area contributed by atoms with E-state index in [2.05, 4.69) is 34.7 Å². The molecule has 2 saturated heterocycles. The number of likely N-dealkylation sites (tertiary alicyclic amines) is 1. The van der Waals surface area contributed by atoms with Gasteiger partial charge in [0, 0.05) is 50.7 Å². The second-order valence-electron chi connectivity index (χ2n) is 14.0. The topological polar surface area (TPSA) is 93.8 Å². The van der Waals surface area contributed by atoms with Crippen LogP contribution in [-0.4, -0.2) is 83.9 Å². The van der Waals surface area contributed by atoms with Gasteiger partial charge in [-0.2, -0.15) is 0 Å². The Kier molecular flexibility index (Phi) is 10.7. The summed E-state index contributed by atoms with van der Waals surface area (Å²) in [6, 6.07) is 5.25. The molecule has 1 aromatic rings. The first-order chi connectivity index (χ1) is 19.9. The van der Waals surface area contributed by atoms with Crippen molar-refractivity contribution >= 4 is 17.7 Å². The average molecular weight is 586 g/mol. The number of benzene rings is 1. The molecule has 0 unspecified atom stereocenters. The van der Waals surface area contributed by atoms with Crippen LogP contribution in [0.4, 0.5) is 4.39 Å². The van der Waals surface area contributed by atoms with Crippen LogP contribution in [0, 0.1) is 17.2 Å². The maximum absolute atomic E-state index is 14.1. The number of halogens is 1. The van der Waals surface area contributed by atoms with Gasteiger partial charge in [-0.05, 0) is 83.9 Å². The van der Waals surface area contributed by atoms with Crippen molar-refractivity contribution in [3.8, 4) is 0 Å². The molecule has 2 heterocycles. The molecule has 0 aromatic heterocycles. The van der Waals surface area contributed by atoms with E-state index in [0.717, 1.165) is 37.8 Å². The lowest BCUT2D eigenvalue weighted by molar-refractivity contribution is -0.147. The van der Waals surface area contributed by atoms with E-state index in [-0.39, 0.29) is 35.5 Å². The minimum atomic E-state index is -0.773. The van der Waals surface area contributed by atoms with Crippen molar-refractivity contribution in [3.63, 3.8) is 0 Å². The Labute approximate surface area is 251 Å². The van der Waals surface area contributed by atoms with Crippen molar-refractivity contribution in [1.82, 2.24) is 25.8 Å². The summed E-state index contributed by atoms with van der Waals surface area (Å²) in [7, 11) is 0. The molecule has 1 aromatic carbocycles. The van der Waals surface area contributed by atoms with Gasteiger partial charge in [-0.25, -0.2) is 4.39 Å². The lowest BCUT2D eigenvalue weighted by Gasteiger charge is -2.48. The summed E-state index contributed by atoms with van der Waals surface area (Å²) in [6.45, 7) is 13.4. The number of piperidine rings is 1. The number of amides is 3. The van der Waals surface area contributed by atoms with E-state index in [0.29, 0.717) is 51.0 Å². The fourth-order valence-corrected chi connectivity index (χ4v) is 7.03. The molecule has 3 amide bonds. The van der Waals surface area contributed by atoms with E-state index in [1.807, 2.05) is 25.7 Å². The Hall–Kier alpha value is -2.52. The van der Waals surface area contributed by atoms with Gasteiger partial charge in [-0.1, -0.05) is 31.4 Å². The standard InChI is InChI=1S/C33H52FN5O3/c1-23(2)39-20-17-35-28(22-39)29(40)36-27(21-24-11-13-26(34)14-12-24)30(41)38-18-15-33(16-19-38,25-9-7-6-8-10-25)31(42)37-32(3,4)5/h11-14,23,25,27-28,35H,6-10,15-22H2,1-5H3,(H,36,40)(H,37,42)/t27-,28+/m1/s1. The molecule has 2 aliphatic heterocycles. The van der Waals surface area contributed by atoms with E-state index >= 15 is 0 Å². The largest absolute Gasteiger partial charge is 0.351 e. The van der Waals surface area contributed by atoms with E-state index in [1.165, 1.54) is 18.6 Å². The Balaban J connectivity index is 1.50. The molecule has 2 atom stereocenters. The molecule has 0 radical (unpaired) electrons. The minimum Gasteiger partial charge on any atom is -0.351 e. The molecule has 42 heavy (non-hydrogen) atoms. The quantitative estimate of drug-likeness (QED) is 0.433. The maximum atomic E-state index is 14.1. The van der Waals surface area contributed by atoms with E-state index in [1.54, 1.807) is 12.1 Å². The number of carbonyl (C=O) groups is 3. The first-order valence-electron chi connectivity index (χ1n) is 16.0. The molecule has 9 heteroatoms. The van der Waals surface area contributed by atoms with Gasteiger partial charge in [0.25, 0.3) is 0 Å². The van der Waals surface area contributed by atoms with Crippen molar-refractivity contribution in [2.24, 2.45) is 11.3 Å². The van der Waals surface area contributed by atoms with Crippen LogP contribution in [-0.2, 0) is 20.8 Å². The van der Waals surface area contributed by atoms with Crippen molar-refractivity contribution in [1.29, 1.82) is 0 Å². The Bertz CT molecular complexity index is 1070. The van der Waals surface area contributed by atoms with Gasteiger partial charge < -0.3 is 20.9 Å². The molecule has 234 valence electrons. The first kappa shape index (κ1) is 32.4. The molecular formula is C33H52FN5O3. The molecule has 3 fully saturated rings. The first-order valence-corrected chi connectivity index (χ1v) is 16.0. The summed E-state index contributed by atoms with van der Waals surface area (Å²) < 4.78 is 13.6. The number of carbonyl (C=O) groups excluding carboxylic acids is 3. The van der Waals surface area contributed by atoms with Crippen molar-refractivity contribution in [2.45, 2.75) is 110 Å². The summed E-state index contributed by atoms with van der Waals surface area (Å²) in [5.41, 5.74) is -0.0188. The highest BCUT2D eigenvalue weighted by molar-refractivity contribution is 5.90. The normalized spacial score (nSPS) is 22.9. The van der Waals surface area contributed by atoms with E-state index in [4.69, 9.17) is 0 Å². The third-order valence-electron chi connectivity index (χ3n) is 9.52. The Morgan fingerprint density at radius 3 is 2.26 bits per heavy atom. The highest BCUT2D eigenvalue weighted by Crippen LogP contribution is 2.46. The average Bonchev–Trinajstić information content (AvgIpc) is 2.97. The molecule has 3 N–H and O–H groups in total. The summed E-state index contributed by atoms with van der Waals surface area (Å²) in [6.07, 6.45) is 7.13. The lowest BCUT2D eigenvalue weighted by Crippen LogP contribution is -2.62. The highest BCUT2D eigenvalue weighted by Gasteiger charge is 2.49. The van der Waals surface area contributed by atoms with Crippen molar-refractivity contribution in [3.05, 3.63) is 35.6 Å². The number of rotatable bonds is 8. The zero-order valence-electron chi connectivity index (χ0n) is 26.3. The molecule has 0 bridgehead atoms. The molecule has 3 aliphatic rings. The number of hydrogen-bond donors (Lipinski definition) is 3. The van der Waals surface area contributed by atoms with Gasteiger partial charge in [0.1, 0.15) is 11.9 Å². The van der Waals surface area contributed by atoms with E-state index in [9.17, 15) is 18.8 Å². The van der Waals surface area contributed by atoms with Gasteiger partial charge in [-0.15, -0.1) is 0 Å². The minimum absolute atomic E-state index is 0.114. The molecule has 0 spiro atoms. The molecule has 8 nitrogen and oxygen atoms in total. The molecular weight excluding hydrogens is 533 g/mol.